The molecule has 3 rings (SSSR count). The van der Waals surface area contributed by atoms with Crippen molar-refractivity contribution in [2.75, 3.05) is 0 Å². The van der Waals surface area contributed by atoms with Gasteiger partial charge in [-0.2, -0.15) is 0 Å². The van der Waals surface area contributed by atoms with Crippen molar-refractivity contribution < 1.29 is 18.5 Å². The predicted molar refractivity (Wildman–Crippen MR) is 96.4 cm³/mol. The normalized spacial score (nSPS) is 11.3. The van der Waals surface area contributed by atoms with Crippen LogP contribution in [0, 0.1) is 20.8 Å². The number of esters is 1. The van der Waals surface area contributed by atoms with Gasteiger partial charge in [0.2, 0.25) is 0 Å². The second kappa shape index (κ2) is 6.78. The molecule has 6 heteroatoms. The fourth-order valence-corrected chi connectivity index (χ4v) is 2.85. The molecule has 6 nitrogen and oxygen atoms in total. The molecule has 0 aliphatic carbocycles. The van der Waals surface area contributed by atoms with E-state index in [0.29, 0.717) is 28.2 Å². The lowest BCUT2D eigenvalue weighted by Crippen LogP contribution is -2.10. The van der Waals surface area contributed by atoms with E-state index in [1.807, 2.05) is 39.8 Å². The number of aromatic nitrogens is 1. The van der Waals surface area contributed by atoms with Crippen LogP contribution < -0.4 is 5.63 Å². The monoisotopic (exact) mass is 355 g/mol. The summed E-state index contributed by atoms with van der Waals surface area (Å²) in [6, 6.07) is 5.10. The molecule has 0 bridgehead atoms. The maximum absolute atomic E-state index is 12.5. The number of benzene rings is 1. The summed E-state index contributed by atoms with van der Waals surface area (Å²) < 4.78 is 16.0. The average Bonchev–Trinajstić information content (AvgIpc) is 2.96. The number of ether oxygens (including phenoxy) is 1. The van der Waals surface area contributed by atoms with Gasteiger partial charge in [-0.25, -0.2) is 9.59 Å². The van der Waals surface area contributed by atoms with Gasteiger partial charge < -0.3 is 13.7 Å². The highest BCUT2D eigenvalue weighted by Gasteiger charge is 2.24. The fraction of sp³-hybridized carbons (Fsp3) is 0.350. The molecule has 136 valence electrons. The van der Waals surface area contributed by atoms with Gasteiger partial charge in [0.15, 0.2) is 5.76 Å². The SMILES string of the molecule is Cc1cc2oc(=O)cc(COC(=O)c3c(C)noc3C(C)C)c2cc1C. The lowest BCUT2D eigenvalue weighted by molar-refractivity contribution is 0.0470. The Morgan fingerprint density at radius 3 is 2.54 bits per heavy atom. The van der Waals surface area contributed by atoms with Gasteiger partial charge in [-0.1, -0.05) is 19.0 Å². The second-order valence-electron chi connectivity index (χ2n) is 6.76. The van der Waals surface area contributed by atoms with E-state index >= 15 is 0 Å². The Bertz CT molecular complexity index is 1040. The third kappa shape index (κ3) is 3.27. The smallest absolute Gasteiger partial charge is 0.344 e. The molecule has 0 spiro atoms. The minimum absolute atomic E-state index is 0.00831. The zero-order valence-corrected chi connectivity index (χ0v) is 15.5. The molecule has 0 radical (unpaired) electrons. The molecule has 3 aromatic rings. The van der Waals surface area contributed by atoms with E-state index in [0.717, 1.165) is 16.5 Å². The first-order chi connectivity index (χ1) is 12.3. The molecule has 0 aliphatic heterocycles. The van der Waals surface area contributed by atoms with Crippen molar-refractivity contribution >= 4 is 16.9 Å². The minimum atomic E-state index is -0.516. The van der Waals surface area contributed by atoms with Crippen molar-refractivity contribution in [3.05, 3.63) is 62.3 Å². The van der Waals surface area contributed by atoms with Crippen LogP contribution in [0.4, 0.5) is 0 Å². The van der Waals surface area contributed by atoms with Crippen LogP contribution in [-0.2, 0) is 11.3 Å². The summed E-state index contributed by atoms with van der Waals surface area (Å²) in [5.41, 5.74) is 3.54. The van der Waals surface area contributed by atoms with E-state index in [1.54, 1.807) is 6.92 Å². The molecule has 0 saturated carbocycles. The molecule has 2 aromatic heterocycles. The summed E-state index contributed by atoms with van der Waals surface area (Å²) in [4.78, 5) is 24.4. The number of aryl methyl sites for hydroxylation is 3. The van der Waals surface area contributed by atoms with Gasteiger partial charge in [0.1, 0.15) is 17.8 Å². The maximum Gasteiger partial charge on any atom is 0.344 e. The van der Waals surface area contributed by atoms with Crippen molar-refractivity contribution in [2.24, 2.45) is 0 Å². The Morgan fingerprint density at radius 1 is 1.15 bits per heavy atom. The van der Waals surface area contributed by atoms with Crippen molar-refractivity contribution in [3.8, 4) is 0 Å². The highest BCUT2D eigenvalue weighted by Crippen LogP contribution is 2.25. The molecule has 0 aliphatic rings. The first-order valence-electron chi connectivity index (χ1n) is 8.45. The summed E-state index contributed by atoms with van der Waals surface area (Å²) in [7, 11) is 0. The second-order valence-corrected chi connectivity index (χ2v) is 6.76. The lowest BCUT2D eigenvalue weighted by Gasteiger charge is -2.10. The molecule has 0 N–H and O–H groups in total. The minimum Gasteiger partial charge on any atom is -0.457 e. The fourth-order valence-electron chi connectivity index (χ4n) is 2.85. The number of hydrogen-bond acceptors (Lipinski definition) is 6. The number of carbonyl (C=O) groups excluding carboxylic acids is 1. The van der Waals surface area contributed by atoms with E-state index in [-0.39, 0.29) is 12.5 Å². The standard InChI is InChI=1S/C20H21NO5/c1-10(2)19-18(13(5)21-26-19)20(23)24-9-14-8-17(22)25-16-7-12(4)11(3)6-15(14)16/h6-8,10H,9H2,1-5H3. The molecule has 0 amide bonds. The van der Waals surface area contributed by atoms with Crippen LogP contribution in [0.2, 0.25) is 0 Å². The van der Waals surface area contributed by atoms with Crippen molar-refractivity contribution in [2.45, 2.75) is 47.1 Å². The molecule has 0 saturated heterocycles. The van der Waals surface area contributed by atoms with E-state index in [1.165, 1.54) is 6.07 Å². The van der Waals surface area contributed by atoms with Gasteiger partial charge in [0.05, 0.1) is 5.69 Å². The first-order valence-corrected chi connectivity index (χ1v) is 8.45. The Balaban J connectivity index is 1.93. The largest absolute Gasteiger partial charge is 0.457 e. The third-order valence-electron chi connectivity index (χ3n) is 4.42. The van der Waals surface area contributed by atoms with Gasteiger partial charge >= 0.3 is 11.6 Å². The Morgan fingerprint density at radius 2 is 1.85 bits per heavy atom. The number of carbonyl (C=O) groups is 1. The van der Waals surface area contributed by atoms with Crippen LogP contribution in [0.1, 0.15) is 58.3 Å². The van der Waals surface area contributed by atoms with Gasteiger partial charge in [0.25, 0.3) is 0 Å². The molecular formula is C20H21NO5. The predicted octanol–water partition coefficient (Wildman–Crippen LogP) is 4.19. The van der Waals surface area contributed by atoms with Crippen LogP contribution in [0.25, 0.3) is 11.0 Å². The van der Waals surface area contributed by atoms with E-state index < -0.39 is 11.6 Å². The highest BCUT2D eigenvalue weighted by molar-refractivity contribution is 5.92. The molecule has 0 fully saturated rings. The summed E-state index contributed by atoms with van der Waals surface area (Å²) in [6.07, 6.45) is 0. The molecule has 0 atom stereocenters. The molecular weight excluding hydrogens is 334 g/mol. The summed E-state index contributed by atoms with van der Waals surface area (Å²) in [5, 5.41) is 4.61. The van der Waals surface area contributed by atoms with Crippen LogP contribution >= 0.6 is 0 Å². The van der Waals surface area contributed by atoms with Crippen LogP contribution in [0.15, 0.2) is 31.9 Å². The Labute approximate surface area is 150 Å². The van der Waals surface area contributed by atoms with Crippen molar-refractivity contribution in [1.82, 2.24) is 5.16 Å². The van der Waals surface area contributed by atoms with E-state index in [4.69, 9.17) is 13.7 Å². The first kappa shape index (κ1) is 17.9. The number of fused-ring (bicyclic) bond motifs is 1. The van der Waals surface area contributed by atoms with E-state index in [2.05, 4.69) is 5.16 Å². The molecule has 26 heavy (non-hydrogen) atoms. The van der Waals surface area contributed by atoms with Gasteiger partial charge in [-0.05, 0) is 44.0 Å². The number of hydrogen-bond donors (Lipinski definition) is 0. The lowest BCUT2D eigenvalue weighted by atomic mass is 10.0. The maximum atomic E-state index is 12.5. The zero-order chi connectivity index (χ0) is 19.0. The van der Waals surface area contributed by atoms with Gasteiger partial charge in [-0.3, -0.25) is 0 Å². The van der Waals surface area contributed by atoms with Gasteiger partial charge in [-0.15, -0.1) is 0 Å². The summed E-state index contributed by atoms with van der Waals surface area (Å²) in [5.74, 6) is -0.0111. The Hall–Kier alpha value is -2.89. The zero-order valence-electron chi connectivity index (χ0n) is 15.5. The number of nitrogens with zero attached hydrogens (tertiary/aromatic N) is 1. The quantitative estimate of drug-likeness (QED) is 0.515. The van der Waals surface area contributed by atoms with Crippen molar-refractivity contribution in [3.63, 3.8) is 0 Å². The Kier molecular flexibility index (Phi) is 4.68. The van der Waals surface area contributed by atoms with Crippen LogP contribution in [0.3, 0.4) is 0 Å². The third-order valence-corrected chi connectivity index (χ3v) is 4.42. The van der Waals surface area contributed by atoms with Crippen LogP contribution in [0.5, 0.6) is 0 Å². The average molecular weight is 355 g/mol. The van der Waals surface area contributed by atoms with Gasteiger partial charge in [0, 0.05) is 22.9 Å². The topological polar surface area (TPSA) is 82.5 Å². The molecule has 0 unspecified atom stereocenters. The number of rotatable bonds is 4. The molecule has 1 aromatic carbocycles. The van der Waals surface area contributed by atoms with Crippen LogP contribution in [-0.4, -0.2) is 11.1 Å². The highest BCUT2D eigenvalue weighted by atomic mass is 16.5. The summed E-state index contributed by atoms with van der Waals surface area (Å²) >= 11 is 0. The van der Waals surface area contributed by atoms with E-state index in [9.17, 15) is 9.59 Å². The summed E-state index contributed by atoms with van der Waals surface area (Å²) in [6.45, 7) is 9.42. The molecule has 2 heterocycles. The van der Waals surface area contributed by atoms with Crippen molar-refractivity contribution in [1.29, 1.82) is 0 Å².